The Balaban J connectivity index is 1.81. The van der Waals surface area contributed by atoms with Crippen LogP contribution in [0.15, 0.2) is 60.7 Å². The van der Waals surface area contributed by atoms with Gasteiger partial charge in [-0.2, -0.15) is 5.10 Å². The van der Waals surface area contributed by atoms with Crippen LogP contribution in [0.4, 0.5) is 5.82 Å². The van der Waals surface area contributed by atoms with Crippen molar-refractivity contribution in [2.75, 3.05) is 32.1 Å². The Labute approximate surface area is 201 Å². The number of carbonyl (C=O) groups is 2. The molecule has 2 aromatic carbocycles. The Morgan fingerprint density at radius 2 is 1.79 bits per heavy atom. The molecule has 0 saturated carbocycles. The van der Waals surface area contributed by atoms with Crippen molar-refractivity contribution >= 4 is 17.6 Å². The van der Waals surface area contributed by atoms with Crippen LogP contribution >= 0.6 is 0 Å². The third kappa shape index (κ3) is 7.02. The molecule has 0 saturated heterocycles. The van der Waals surface area contributed by atoms with Crippen molar-refractivity contribution in [1.29, 1.82) is 0 Å². The number of nitrogens with one attached hydrogen (secondary N) is 1. The molecule has 34 heavy (non-hydrogen) atoms. The van der Waals surface area contributed by atoms with Gasteiger partial charge in [-0.3, -0.25) is 9.59 Å². The lowest BCUT2D eigenvalue weighted by Gasteiger charge is -2.22. The summed E-state index contributed by atoms with van der Waals surface area (Å²) in [6.07, 6.45) is 3.29. The van der Waals surface area contributed by atoms with Crippen LogP contribution in [0.5, 0.6) is 0 Å². The van der Waals surface area contributed by atoms with E-state index in [2.05, 4.69) is 12.2 Å². The van der Waals surface area contributed by atoms with Gasteiger partial charge in [0.15, 0.2) is 0 Å². The third-order valence-electron chi connectivity index (χ3n) is 5.57. The molecule has 1 aromatic heterocycles. The Hall–Kier alpha value is -3.45. The van der Waals surface area contributed by atoms with Gasteiger partial charge in [0, 0.05) is 31.7 Å². The highest BCUT2D eigenvalue weighted by molar-refractivity contribution is 5.94. The van der Waals surface area contributed by atoms with Crippen LogP contribution in [-0.4, -0.2) is 53.3 Å². The molecule has 2 amide bonds. The van der Waals surface area contributed by atoms with Crippen molar-refractivity contribution in [2.24, 2.45) is 0 Å². The molecular formula is C27H34N4O3. The average Bonchev–Trinajstić information content (AvgIpc) is 3.26. The number of aromatic nitrogens is 2. The van der Waals surface area contributed by atoms with E-state index in [-0.39, 0.29) is 18.4 Å². The quantitative estimate of drug-likeness (QED) is 0.391. The van der Waals surface area contributed by atoms with Crippen LogP contribution in [0, 0.1) is 6.92 Å². The van der Waals surface area contributed by atoms with Crippen molar-refractivity contribution in [2.45, 2.75) is 39.5 Å². The van der Waals surface area contributed by atoms with Crippen molar-refractivity contribution in [3.8, 4) is 16.9 Å². The summed E-state index contributed by atoms with van der Waals surface area (Å²) in [6.45, 7) is 4.85. The van der Waals surface area contributed by atoms with Crippen molar-refractivity contribution < 1.29 is 14.3 Å². The van der Waals surface area contributed by atoms with Crippen LogP contribution in [0.1, 0.15) is 38.2 Å². The Kier molecular flexibility index (Phi) is 9.40. The van der Waals surface area contributed by atoms with Gasteiger partial charge >= 0.3 is 0 Å². The number of ether oxygens (including phenoxy) is 1. The van der Waals surface area contributed by atoms with E-state index in [1.54, 1.807) is 16.7 Å². The van der Waals surface area contributed by atoms with Gasteiger partial charge in [-0.25, -0.2) is 4.68 Å². The zero-order valence-electron chi connectivity index (χ0n) is 20.3. The summed E-state index contributed by atoms with van der Waals surface area (Å²) in [7, 11) is 1.59. The van der Waals surface area contributed by atoms with Crippen LogP contribution < -0.4 is 5.32 Å². The summed E-state index contributed by atoms with van der Waals surface area (Å²) in [5.41, 5.74) is 3.69. The first-order valence-electron chi connectivity index (χ1n) is 11.8. The fourth-order valence-electron chi connectivity index (χ4n) is 3.64. The highest BCUT2D eigenvalue weighted by atomic mass is 16.5. The minimum absolute atomic E-state index is 0.0299. The maximum absolute atomic E-state index is 13.0. The van der Waals surface area contributed by atoms with E-state index in [0.717, 1.165) is 41.8 Å². The Morgan fingerprint density at radius 3 is 2.47 bits per heavy atom. The molecule has 0 aliphatic heterocycles. The minimum atomic E-state index is -0.271. The van der Waals surface area contributed by atoms with E-state index in [0.29, 0.717) is 25.4 Å². The number of unbranched alkanes of at least 4 members (excludes halogenated alkanes) is 2. The monoisotopic (exact) mass is 462 g/mol. The molecule has 7 heteroatoms. The van der Waals surface area contributed by atoms with E-state index in [9.17, 15) is 9.59 Å². The number of methoxy groups -OCH3 is 1. The smallest absolute Gasteiger partial charge is 0.245 e. The Morgan fingerprint density at radius 1 is 1.06 bits per heavy atom. The molecule has 3 rings (SSSR count). The van der Waals surface area contributed by atoms with Gasteiger partial charge in [-0.1, -0.05) is 67.8 Å². The van der Waals surface area contributed by atoms with Crippen LogP contribution in [0.25, 0.3) is 16.9 Å². The largest absolute Gasteiger partial charge is 0.383 e. The van der Waals surface area contributed by atoms with E-state index in [1.807, 2.05) is 67.6 Å². The predicted octanol–water partition coefficient (Wildman–Crippen LogP) is 4.84. The van der Waals surface area contributed by atoms with Gasteiger partial charge in [-0.05, 0) is 25.5 Å². The molecule has 0 aliphatic carbocycles. The Bertz CT molecular complexity index is 1060. The number of aryl methyl sites for hydroxylation is 1. The molecule has 1 heterocycles. The van der Waals surface area contributed by atoms with Crippen molar-refractivity contribution in [3.63, 3.8) is 0 Å². The van der Waals surface area contributed by atoms with Crippen molar-refractivity contribution in [3.05, 3.63) is 66.2 Å². The third-order valence-corrected chi connectivity index (χ3v) is 5.57. The van der Waals surface area contributed by atoms with Gasteiger partial charge in [0.05, 0.1) is 24.5 Å². The number of rotatable bonds is 12. The molecule has 0 bridgehead atoms. The highest BCUT2D eigenvalue weighted by Gasteiger charge is 2.19. The van der Waals surface area contributed by atoms with Crippen LogP contribution in [-0.2, 0) is 14.3 Å². The van der Waals surface area contributed by atoms with Gasteiger partial charge in [0.25, 0.3) is 0 Å². The first-order chi connectivity index (χ1) is 16.5. The summed E-state index contributed by atoms with van der Waals surface area (Å²) >= 11 is 0. The molecule has 180 valence electrons. The minimum Gasteiger partial charge on any atom is -0.383 e. The molecule has 0 aliphatic rings. The maximum atomic E-state index is 13.0. The summed E-state index contributed by atoms with van der Waals surface area (Å²) in [6, 6.07) is 19.6. The topological polar surface area (TPSA) is 76.5 Å². The fourth-order valence-corrected chi connectivity index (χ4v) is 3.64. The van der Waals surface area contributed by atoms with E-state index >= 15 is 0 Å². The summed E-state index contributed by atoms with van der Waals surface area (Å²) < 4.78 is 6.87. The average molecular weight is 463 g/mol. The molecule has 7 nitrogen and oxygen atoms in total. The second-order valence-corrected chi connectivity index (χ2v) is 8.34. The summed E-state index contributed by atoms with van der Waals surface area (Å²) in [5, 5.41) is 7.72. The van der Waals surface area contributed by atoms with E-state index in [4.69, 9.17) is 9.84 Å². The standard InChI is InChI=1S/C27H34N4O3/c1-4-5-7-12-27(33)30(17-18-34-3)20-26(32)28-25-19-24(22-10-8-6-9-11-22)29-31(25)23-15-13-21(2)14-16-23/h6,8-11,13-16,19H,4-5,7,12,17-18,20H2,1-3H3,(H,28,32). The number of hydrogen-bond donors (Lipinski definition) is 1. The summed E-state index contributed by atoms with van der Waals surface area (Å²) in [4.78, 5) is 27.3. The number of carbonyl (C=O) groups excluding carboxylic acids is 2. The van der Waals surface area contributed by atoms with Crippen molar-refractivity contribution in [1.82, 2.24) is 14.7 Å². The molecule has 0 fully saturated rings. The predicted molar refractivity (Wildman–Crippen MR) is 135 cm³/mol. The molecule has 0 unspecified atom stereocenters. The zero-order valence-corrected chi connectivity index (χ0v) is 20.3. The number of benzene rings is 2. The van der Waals surface area contributed by atoms with Gasteiger partial charge in [-0.15, -0.1) is 0 Å². The lowest BCUT2D eigenvalue weighted by Crippen LogP contribution is -2.40. The number of amides is 2. The molecule has 1 N–H and O–H groups in total. The van der Waals surface area contributed by atoms with Gasteiger partial charge in [0.1, 0.15) is 5.82 Å². The lowest BCUT2D eigenvalue weighted by atomic mass is 10.1. The number of anilines is 1. The van der Waals surface area contributed by atoms with E-state index in [1.165, 1.54) is 0 Å². The second kappa shape index (κ2) is 12.7. The molecule has 0 radical (unpaired) electrons. The maximum Gasteiger partial charge on any atom is 0.245 e. The summed E-state index contributed by atoms with van der Waals surface area (Å²) in [5.74, 6) is 0.253. The van der Waals surface area contributed by atoms with Crippen LogP contribution in [0.2, 0.25) is 0 Å². The highest BCUT2D eigenvalue weighted by Crippen LogP contribution is 2.25. The molecule has 3 aromatic rings. The molecular weight excluding hydrogens is 428 g/mol. The first-order valence-corrected chi connectivity index (χ1v) is 11.8. The zero-order chi connectivity index (χ0) is 24.3. The van der Waals surface area contributed by atoms with Gasteiger partial charge < -0.3 is 15.0 Å². The fraction of sp³-hybridized carbons (Fsp3) is 0.370. The van der Waals surface area contributed by atoms with E-state index < -0.39 is 0 Å². The molecule has 0 spiro atoms. The normalized spacial score (nSPS) is 10.8. The first kappa shape index (κ1) is 25.2. The lowest BCUT2D eigenvalue weighted by molar-refractivity contribution is -0.135. The van der Waals surface area contributed by atoms with Crippen LogP contribution in [0.3, 0.4) is 0 Å². The molecule has 0 atom stereocenters. The number of hydrogen-bond acceptors (Lipinski definition) is 4. The van der Waals surface area contributed by atoms with Gasteiger partial charge in [0.2, 0.25) is 11.8 Å². The second-order valence-electron chi connectivity index (χ2n) is 8.34. The number of nitrogens with zero attached hydrogens (tertiary/aromatic N) is 3. The SMILES string of the molecule is CCCCCC(=O)N(CCOC)CC(=O)Nc1cc(-c2ccccc2)nn1-c1ccc(C)cc1.